The van der Waals surface area contributed by atoms with E-state index in [0.29, 0.717) is 50.0 Å². The van der Waals surface area contributed by atoms with Gasteiger partial charge in [0.1, 0.15) is 13.2 Å². The van der Waals surface area contributed by atoms with Crippen molar-refractivity contribution in [2.24, 2.45) is 0 Å². The first kappa shape index (κ1) is 18.7. The first-order valence-corrected chi connectivity index (χ1v) is 9.24. The lowest BCUT2D eigenvalue weighted by atomic mass is 10.1. The minimum absolute atomic E-state index is 0.0596. The maximum absolute atomic E-state index is 13.1. The van der Waals surface area contributed by atoms with Crippen LogP contribution >= 0.6 is 15.9 Å². The van der Waals surface area contributed by atoms with E-state index < -0.39 is 0 Å². The number of hydrogen-bond acceptors (Lipinski definition) is 5. The quantitative estimate of drug-likeness (QED) is 0.643. The highest BCUT2D eigenvalue weighted by atomic mass is 79.9. The Balaban J connectivity index is 1.83. The highest BCUT2D eigenvalue weighted by Crippen LogP contribution is 2.38. The van der Waals surface area contributed by atoms with Gasteiger partial charge in [-0.25, -0.2) is 0 Å². The van der Waals surface area contributed by atoms with Crippen LogP contribution in [0.5, 0.6) is 11.5 Å². The second-order valence-electron chi connectivity index (χ2n) is 5.91. The highest BCUT2D eigenvalue weighted by molar-refractivity contribution is 9.10. The Bertz CT molecular complexity index is 755. The minimum atomic E-state index is -0.0596. The molecule has 2 aromatic rings. The molecule has 26 heavy (non-hydrogen) atoms. The lowest BCUT2D eigenvalue weighted by Gasteiger charge is -2.25. The van der Waals surface area contributed by atoms with E-state index in [4.69, 9.17) is 14.2 Å². The number of methoxy groups -OCH3 is 1. The Morgan fingerprint density at radius 3 is 2.81 bits per heavy atom. The standard InChI is InChI=1S/C19H21BrN2O4/c1-24-8-2-7-22(13-14-3-5-21-6-4-14)19(23)15-11-16(20)18-17(12-15)25-9-10-26-18/h3-6,11-12H,2,7-10,13H2,1H3. The smallest absolute Gasteiger partial charge is 0.254 e. The molecule has 0 N–H and O–H groups in total. The molecule has 1 aromatic carbocycles. The van der Waals surface area contributed by atoms with E-state index >= 15 is 0 Å². The molecule has 3 rings (SSSR count). The third-order valence-corrected chi connectivity index (χ3v) is 4.62. The van der Waals surface area contributed by atoms with Crippen LogP contribution in [-0.2, 0) is 11.3 Å². The summed E-state index contributed by atoms with van der Waals surface area (Å²) in [5.74, 6) is 1.18. The average Bonchev–Trinajstić information content (AvgIpc) is 2.67. The third-order valence-electron chi connectivity index (χ3n) is 4.03. The Kier molecular flexibility index (Phi) is 6.46. The lowest BCUT2D eigenvalue weighted by molar-refractivity contribution is 0.0722. The number of benzene rings is 1. The molecule has 0 unspecified atom stereocenters. The zero-order valence-corrected chi connectivity index (χ0v) is 16.2. The predicted octanol–water partition coefficient (Wildman–Crippen LogP) is 3.29. The molecule has 1 amide bonds. The summed E-state index contributed by atoms with van der Waals surface area (Å²) in [4.78, 5) is 19.0. The summed E-state index contributed by atoms with van der Waals surface area (Å²) in [5, 5.41) is 0. The van der Waals surface area contributed by atoms with E-state index in [-0.39, 0.29) is 5.91 Å². The largest absolute Gasteiger partial charge is 0.486 e. The molecule has 0 radical (unpaired) electrons. The molecule has 138 valence electrons. The summed E-state index contributed by atoms with van der Waals surface area (Å²) in [6.07, 6.45) is 4.22. The summed E-state index contributed by atoms with van der Waals surface area (Å²) >= 11 is 3.48. The van der Waals surface area contributed by atoms with Crippen LogP contribution in [0.4, 0.5) is 0 Å². The molecule has 0 saturated heterocycles. The van der Waals surface area contributed by atoms with Crippen LogP contribution in [0.2, 0.25) is 0 Å². The number of hydrogen-bond donors (Lipinski definition) is 0. The number of amides is 1. The van der Waals surface area contributed by atoms with Gasteiger partial charge in [0.25, 0.3) is 5.91 Å². The van der Waals surface area contributed by atoms with Gasteiger partial charge in [-0.2, -0.15) is 0 Å². The highest BCUT2D eigenvalue weighted by Gasteiger charge is 2.22. The van der Waals surface area contributed by atoms with Gasteiger partial charge in [0.2, 0.25) is 0 Å². The average molecular weight is 421 g/mol. The number of carbonyl (C=O) groups excluding carboxylic acids is 1. The van der Waals surface area contributed by atoms with Crippen molar-refractivity contribution in [2.75, 3.05) is 33.5 Å². The molecule has 0 saturated carbocycles. The lowest BCUT2D eigenvalue weighted by Crippen LogP contribution is -2.32. The van der Waals surface area contributed by atoms with Crippen molar-refractivity contribution in [3.8, 4) is 11.5 Å². The molecule has 6 nitrogen and oxygen atoms in total. The molecule has 1 aliphatic rings. The van der Waals surface area contributed by atoms with E-state index in [1.54, 1.807) is 31.6 Å². The van der Waals surface area contributed by atoms with Gasteiger partial charge >= 0.3 is 0 Å². The number of fused-ring (bicyclic) bond motifs is 1. The molecule has 1 aliphatic heterocycles. The monoisotopic (exact) mass is 420 g/mol. The van der Waals surface area contributed by atoms with Crippen LogP contribution in [0.3, 0.4) is 0 Å². The maximum Gasteiger partial charge on any atom is 0.254 e. The van der Waals surface area contributed by atoms with Gasteiger partial charge in [-0.15, -0.1) is 0 Å². The molecule has 0 aliphatic carbocycles. The molecule has 0 atom stereocenters. The van der Waals surface area contributed by atoms with Crippen molar-refractivity contribution in [1.82, 2.24) is 9.88 Å². The van der Waals surface area contributed by atoms with Crippen molar-refractivity contribution in [2.45, 2.75) is 13.0 Å². The Morgan fingerprint density at radius 1 is 1.27 bits per heavy atom. The second-order valence-corrected chi connectivity index (χ2v) is 6.77. The number of pyridine rings is 1. The summed E-state index contributed by atoms with van der Waals surface area (Å²) in [7, 11) is 1.66. The van der Waals surface area contributed by atoms with Gasteiger partial charge in [-0.1, -0.05) is 0 Å². The van der Waals surface area contributed by atoms with E-state index in [1.165, 1.54) is 0 Å². The van der Waals surface area contributed by atoms with Crippen LogP contribution in [0, 0.1) is 0 Å². The number of nitrogens with zero attached hydrogens (tertiary/aromatic N) is 2. The maximum atomic E-state index is 13.1. The van der Waals surface area contributed by atoms with Gasteiger partial charge in [0.15, 0.2) is 11.5 Å². The normalized spacial score (nSPS) is 12.7. The van der Waals surface area contributed by atoms with E-state index in [1.807, 2.05) is 17.0 Å². The van der Waals surface area contributed by atoms with Gasteiger partial charge in [0.05, 0.1) is 4.47 Å². The topological polar surface area (TPSA) is 60.9 Å². The number of halogens is 1. The SMILES string of the molecule is COCCCN(Cc1ccncc1)C(=O)c1cc(Br)c2c(c1)OCCO2. The summed E-state index contributed by atoms with van der Waals surface area (Å²) in [5.41, 5.74) is 1.59. The van der Waals surface area contributed by atoms with Crippen molar-refractivity contribution in [3.63, 3.8) is 0 Å². The molecular weight excluding hydrogens is 400 g/mol. The van der Waals surface area contributed by atoms with Crippen molar-refractivity contribution >= 4 is 21.8 Å². The Hall–Kier alpha value is -2.12. The fourth-order valence-electron chi connectivity index (χ4n) is 2.78. The molecule has 7 heteroatoms. The van der Waals surface area contributed by atoms with Gasteiger partial charge in [0, 0.05) is 44.8 Å². The molecule has 2 heterocycles. The summed E-state index contributed by atoms with van der Waals surface area (Å²) < 4.78 is 17.1. The van der Waals surface area contributed by atoms with Gasteiger partial charge in [-0.05, 0) is 52.2 Å². The first-order valence-electron chi connectivity index (χ1n) is 8.45. The fourth-order valence-corrected chi connectivity index (χ4v) is 3.33. The molecular formula is C19H21BrN2O4. The first-order chi connectivity index (χ1) is 12.7. The van der Waals surface area contributed by atoms with Crippen molar-refractivity contribution in [1.29, 1.82) is 0 Å². The summed E-state index contributed by atoms with van der Waals surface area (Å²) in [6.45, 7) is 2.69. The number of rotatable bonds is 7. The molecule has 0 fully saturated rings. The van der Waals surface area contributed by atoms with E-state index in [0.717, 1.165) is 16.5 Å². The zero-order chi connectivity index (χ0) is 18.4. The second kappa shape index (κ2) is 9.00. The fraction of sp³-hybridized carbons (Fsp3) is 0.368. The predicted molar refractivity (Wildman–Crippen MR) is 101 cm³/mol. The van der Waals surface area contributed by atoms with Crippen LogP contribution in [0.15, 0.2) is 41.1 Å². The Labute approximate surface area is 161 Å². The van der Waals surface area contributed by atoms with E-state index in [9.17, 15) is 4.79 Å². The van der Waals surface area contributed by atoms with Crippen molar-refractivity contribution in [3.05, 3.63) is 52.3 Å². The summed E-state index contributed by atoms with van der Waals surface area (Å²) in [6, 6.07) is 7.36. The molecule has 0 spiro atoms. The number of ether oxygens (including phenoxy) is 3. The van der Waals surface area contributed by atoms with Crippen LogP contribution in [0.1, 0.15) is 22.3 Å². The number of aromatic nitrogens is 1. The van der Waals surface area contributed by atoms with Crippen LogP contribution in [-0.4, -0.2) is 49.3 Å². The van der Waals surface area contributed by atoms with Gasteiger partial charge < -0.3 is 19.1 Å². The van der Waals surface area contributed by atoms with Crippen LogP contribution in [0.25, 0.3) is 0 Å². The van der Waals surface area contributed by atoms with Crippen molar-refractivity contribution < 1.29 is 19.0 Å². The van der Waals surface area contributed by atoms with Gasteiger partial charge in [-0.3, -0.25) is 9.78 Å². The minimum Gasteiger partial charge on any atom is -0.486 e. The molecule has 1 aromatic heterocycles. The third kappa shape index (κ3) is 4.53. The molecule has 0 bridgehead atoms. The number of carbonyl (C=O) groups is 1. The Morgan fingerprint density at radius 2 is 2.04 bits per heavy atom. The van der Waals surface area contributed by atoms with E-state index in [2.05, 4.69) is 20.9 Å². The zero-order valence-electron chi connectivity index (χ0n) is 14.6. The van der Waals surface area contributed by atoms with Crippen LogP contribution < -0.4 is 9.47 Å².